The Morgan fingerprint density at radius 2 is 1.60 bits per heavy atom. The zero-order valence-electron chi connectivity index (χ0n) is 32.7. The van der Waals surface area contributed by atoms with Gasteiger partial charge in [-0.25, -0.2) is 0 Å². The molecule has 1 unspecified atom stereocenters. The number of rotatable bonds is 16. The number of hydrogen-bond acceptors (Lipinski definition) is 5. The fourth-order valence-corrected chi connectivity index (χ4v) is 10.9. The van der Waals surface area contributed by atoms with Gasteiger partial charge >= 0.3 is 5.97 Å². The molecule has 6 nitrogen and oxygen atoms in total. The predicted molar refractivity (Wildman–Crippen MR) is 199 cm³/mol. The van der Waals surface area contributed by atoms with Crippen LogP contribution in [0.4, 0.5) is 0 Å². The molecular formula is C42H75N3O3. The van der Waals surface area contributed by atoms with Gasteiger partial charge in [0.2, 0.25) is 5.91 Å². The second-order valence-corrected chi connectivity index (χ2v) is 19.4. The summed E-state index contributed by atoms with van der Waals surface area (Å²) in [5, 5.41) is 0. The van der Waals surface area contributed by atoms with E-state index in [-0.39, 0.29) is 47.3 Å². The minimum absolute atomic E-state index is 0.00618. The molecule has 3 saturated carbocycles. The van der Waals surface area contributed by atoms with E-state index in [2.05, 4.69) is 40.7 Å². The van der Waals surface area contributed by atoms with Gasteiger partial charge in [0.05, 0.1) is 6.42 Å². The summed E-state index contributed by atoms with van der Waals surface area (Å²) in [4.78, 5) is 28.2. The number of ether oxygens (including phenoxy) is 1. The van der Waals surface area contributed by atoms with Crippen molar-refractivity contribution >= 4 is 11.9 Å². The highest BCUT2D eigenvalue weighted by Gasteiger charge is 2.59. The van der Waals surface area contributed by atoms with Gasteiger partial charge in [-0.2, -0.15) is 0 Å². The zero-order chi connectivity index (χ0) is 35.5. The van der Waals surface area contributed by atoms with E-state index in [1.807, 2.05) is 32.6 Å². The van der Waals surface area contributed by atoms with Crippen LogP contribution in [0.25, 0.3) is 0 Å². The van der Waals surface area contributed by atoms with E-state index in [0.29, 0.717) is 24.9 Å². The van der Waals surface area contributed by atoms with Crippen LogP contribution in [0.2, 0.25) is 0 Å². The molecule has 0 aromatic heterocycles. The van der Waals surface area contributed by atoms with Gasteiger partial charge in [-0.15, -0.1) is 0 Å². The Balaban J connectivity index is 1.30. The Kier molecular flexibility index (Phi) is 13.0. The van der Waals surface area contributed by atoms with Crippen LogP contribution >= 0.6 is 0 Å². The average molecular weight is 670 g/mol. The number of carbonyl (C=O) groups excluding carboxylic acids is 2. The highest BCUT2D eigenvalue weighted by molar-refractivity contribution is 5.81. The molecule has 0 saturated heterocycles. The number of allylic oxidation sites excluding steroid dienone is 1. The highest BCUT2D eigenvalue weighted by Crippen LogP contribution is 2.67. The van der Waals surface area contributed by atoms with Gasteiger partial charge in [0.15, 0.2) is 0 Å². The van der Waals surface area contributed by atoms with Crippen LogP contribution < -0.4 is 11.5 Å². The van der Waals surface area contributed by atoms with E-state index in [0.717, 1.165) is 67.6 Å². The first-order valence-electron chi connectivity index (χ1n) is 20.1. The molecule has 4 aliphatic rings. The summed E-state index contributed by atoms with van der Waals surface area (Å²) in [6, 6.07) is 0. The number of carbonyl (C=O) groups is 2. The molecule has 0 spiro atoms. The molecule has 0 heterocycles. The summed E-state index contributed by atoms with van der Waals surface area (Å²) in [5.74, 6) is 4.72. The normalized spacial score (nSPS) is 32.6. The number of nitrogens with two attached hydrogens (primary N) is 2. The molecule has 0 aliphatic heterocycles. The van der Waals surface area contributed by atoms with Gasteiger partial charge < -0.3 is 21.1 Å². The third-order valence-electron chi connectivity index (χ3n) is 13.7. The Morgan fingerprint density at radius 1 is 0.896 bits per heavy atom. The van der Waals surface area contributed by atoms with Crippen LogP contribution in [0, 0.1) is 46.3 Å². The van der Waals surface area contributed by atoms with Crippen molar-refractivity contribution in [2.24, 2.45) is 57.8 Å². The fourth-order valence-electron chi connectivity index (χ4n) is 10.9. The lowest BCUT2D eigenvalue weighted by molar-refractivity contribution is -0.153. The molecule has 4 N–H and O–H groups in total. The molecule has 0 aromatic rings. The third-order valence-corrected chi connectivity index (χ3v) is 13.7. The molecule has 0 radical (unpaired) electrons. The van der Waals surface area contributed by atoms with E-state index >= 15 is 0 Å². The molecule has 0 aromatic carbocycles. The van der Waals surface area contributed by atoms with E-state index in [1.54, 1.807) is 5.57 Å². The van der Waals surface area contributed by atoms with Crippen LogP contribution in [0.1, 0.15) is 165 Å². The van der Waals surface area contributed by atoms with Crippen molar-refractivity contribution in [2.45, 2.75) is 182 Å². The first kappa shape index (κ1) is 39.4. The van der Waals surface area contributed by atoms with Crippen LogP contribution in [0.3, 0.4) is 0 Å². The lowest BCUT2D eigenvalue weighted by atomic mass is 9.47. The molecule has 48 heavy (non-hydrogen) atoms. The van der Waals surface area contributed by atoms with E-state index in [1.165, 1.54) is 51.4 Å². The Hall–Kier alpha value is -1.40. The topological polar surface area (TPSA) is 98.7 Å². The van der Waals surface area contributed by atoms with Crippen LogP contribution in [-0.2, 0) is 14.3 Å². The third kappa shape index (κ3) is 9.89. The van der Waals surface area contributed by atoms with E-state index in [9.17, 15) is 9.59 Å². The first-order valence-corrected chi connectivity index (χ1v) is 20.1. The van der Waals surface area contributed by atoms with Crippen molar-refractivity contribution in [1.29, 1.82) is 0 Å². The second kappa shape index (κ2) is 15.9. The second-order valence-electron chi connectivity index (χ2n) is 19.4. The summed E-state index contributed by atoms with van der Waals surface area (Å²) < 4.78 is 6.08. The van der Waals surface area contributed by atoms with Gasteiger partial charge in [0, 0.05) is 37.0 Å². The summed E-state index contributed by atoms with van der Waals surface area (Å²) in [7, 11) is 0. The van der Waals surface area contributed by atoms with Crippen LogP contribution in [0.15, 0.2) is 11.6 Å². The minimum atomic E-state index is -0.351. The molecule has 276 valence electrons. The number of amides is 1. The summed E-state index contributed by atoms with van der Waals surface area (Å²) in [6.07, 6.45) is 19.0. The number of nitrogens with zero attached hydrogens (tertiary/aromatic N) is 1. The molecule has 4 rings (SSSR count). The number of fused-ring (bicyclic) bond motifs is 5. The van der Waals surface area contributed by atoms with Gasteiger partial charge in [-0.1, -0.05) is 65.5 Å². The van der Waals surface area contributed by atoms with Crippen molar-refractivity contribution in [1.82, 2.24) is 4.90 Å². The predicted octanol–water partition coefficient (Wildman–Crippen LogP) is 9.19. The van der Waals surface area contributed by atoms with Crippen molar-refractivity contribution < 1.29 is 14.3 Å². The van der Waals surface area contributed by atoms with E-state index < -0.39 is 0 Å². The Morgan fingerprint density at radius 3 is 2.27 bits per heavy atom. The van der Waals surface area contributed by atoms with Crippen molar-refractivity contribution in [3.8, 4) is 0 Å². The van der Waals surface area contributed by atoms with Crippen molar-refractivity contribution in [2.75, 3.05) is 13.1 Å². The lowest BCUT2D eigenvalue weighted by Gasteiger charge is -2.58. The van der Waals surface area contributed by atoms with Crippen LogP contribution in [-0.4, -0.2) is 47.0 Å². The smallest absolute Gasteiger partial charge is 0.306 e. The van der Waals surface area contributed by atoms with Gasteiger partial charge in [-0.05, 0) is 138 Å². The van der Waals surface area contributed by atoms with Crippen molar-refractivity contribution in [3.63, 3.8) is 0 Å². The van der Waals surface area contributed by atoms with Gasteiger partial charge in [-0.3, -0.25) is 9.59 Å². The van der Waals surface area contributed by atoms with E-state index in [4.69, 9.17) is 16.2 Å². The molecule has 4 aliphatic carbocycles. The fraction of sp³-hybridized carbons (Fsp3) is 0.905. The Labute approximate surface area is 295 Å². The largest absolute Gasteiger partial charge is 0.462 e. The maximum Gasteiger partial charge on any atom is 0.306 e. The maximum absolute atomic E-state index is 13.2. The van der Waals surface area contributed by atoms with Crippen molar-refractivity contribution in [3.05, 3.63) is 11.6 Å². The summed E-state index contributed by atoms with van der Waals surface area (Å²) in [6.45, 7) is 21.7. The number of hydrogen-bond donors (Lipinski definition) is 2. The van der Waals surface area contributed by atoms with Gasteiger partial charge in [0.25, 0.3) is 0 Å². The molecular weight excluding hydrogens is 594 g/mol. The van der Waals surface area contributed by atoms with Gasteiger partial charge in [0.1, 0.15) is 6.10 Å². The Bertz CT molecular complexity index is 1120. The van der Waals surface area contributed by atoms with Crippen LogP contribution in [0.5, 0.6) is 0 Å². The minimum Gasteiger partial charge on any atom is -0.462 e. The SMILES string of the molecule is CC(C)CCCC(C)[C@H]1CC[C@H]2[C@@H]3CC=C4C[C@@H](OC(=O)CCC(=O)N(CCCC(C)(C)N)CCC(C)(C)N)CC[C@]4(C)[C@H]3CC[C@]12C. The molecule has 3 fully saturated rings. The summed E-state index contributed by atoms with van der Waals surface area (Å²) >= 11 is 0. The zero-order valence-corrected chi connectivity index (χ0v) is 32.7. The highest BCUT2D eigenvalue weighted by atomic mass is 16.5. The quantitative estimate of drug-likeness (QED) is 0.126. The number of esters is 1. The molecule has 0 bridgehead atoms. The lowest BCUT2D eigenvalue weighted by Crippen LogP contribution is -2.51. The molecule has 1 amide bonds. The molecule has 8 atom stereocenters. The molecule has 6 heteroatoms. The average Bonchev–Trinajstić information content (AvgIpc) is 3.34. The monoisotopic (exact) mass is 670 g/mol. The summed E-state index contributed by atoms with van der Waals surface area (Å²) in [5.41, 5.74) is 14.1. The first-order chi connectivity index (χ1) is 22.3. The maximum atomic E-state index is 13.2. The standard InChI is InChI=1S/C42H75N3O3/c1-29(2)12-10-13-30(3)34-16-17-35-33-15-14-31-28-32(20-23-41(31,8)36(33)21-24-42(34,35)9)48-38(47)19-18-37(46)45(27-25-40(6,7)44)26-11-22-39(4,5)43/h14,29-30,32-36H,10-13,15-28,43-44H2,1-9H3/t30?,32-,33-,34+,35-,36-,41-,42+/m0/s1.